The molecule has 1 aliphatic heterocycles. The number of hydrogen-bond acceptors (Lipinski definition) is 3. The molecule has 1 fully saturated rings. The zero-order valence-electron chi connectivity index (χ0n) is 10.8. The summed E-state index contributed by atoms with van der Waals surface area (Å²) in [6.45, 7) is 7.36. The van der Waals surface area contributed by atoms with Crippen LogP contribution >= 0.6 is 0 Å². The van der Waals surface area contributed by atoms with E-state index in [9.17, 15) is 9.59 Å². The number of likely N-dealkylation sites (tertiary alicyclic amines) is 1. The van der Waals surface area contributed by atoms with Gasteiger partial charge in [0.05, 0.1) is 6.04 Å². The topological polar surface area (TPSA) is 69.6 Å². The first kappa shape index (κ1) is 14.0. The van der Waals surface area contributed by atoms with Crippen LogP contribution < -0.4 is 5.32 Å². The third-order valence-electron chi connectivity index (χ3n) is 3.47. The van der Waals surface area contributed by atoms with E-state index in [1.807, 2.05) is 6.92 Å². The molecule has 5 heteroatoms. The Kier molecular flexibility index (Phi) is 4.93. The second-order valence-electron chi connectivity index (χ2n) is 4.96. The molecular formula is C12H22N2O3. The first-order chi connectivity index (χ1) is 7.91. The zero-order chi connectivity index (χ0) is 13.0. The molecule has 0 saturated carbocycles. The third kappa shape index (κ3) is 4.00. The van der Waals surface area contributed by atoms with Gasteiger partial charge in [0.15, 0.2) is 0 Å². The summed E-state index contributed by atoms with van der Waals surface area (Å²) in [5.41, 5.74) is 0. The molecule has 2 unspecified atom stereocenters. The Morgan fingerprint density at radius 1 is 1.29 bits per heavy atom. The Morgan fingerprint density at radius 3 is 2.29 bits per heavy atom. The molecule has 1 amide bonds. The highest BCUT2D eigenvalue weighted by molar-refractivity contribution is 5.86. The van der Waals surface area contributed by atoms with Crippen molar-refractivity contribution < 1.29 is 14.7 Å². The van der Waals surface area contributed by atoms with Crippen molar-refractivity contribution in [2.45, 2.75) is 45.7 Å². The fraction of sp³-hybridized carbons (Fsp3) is 0.833. The van der Waals surface area contributed by atoms with Crippen LogP contribution in [-0.2, 0) is 9.59 Å². The Bertz CT molecular complexity index is 285. The van der Waals surface area contributed by atoms with Gasteiger partial charge in [-0.05, 0) is 45.7 Å². The lowest BCUT2D eigenvalue weighted by molar-refractivity contribution is -0.142. The number of carboxylic acids is 1. The van der Waals surface area contributed by atoms with Gasteiger partial charge in [0.2, 0.25) is 5.91 Å². The van der Waals surface area contributed by atoms with Crippen LogP contribution in [0.25, 0.3) is 0 Å². The minimum absolute atomic E-state index is 0.200. The van der Waals surface area contributed by atoms with Crippen LogP contribution in [0.5, 0.6) is 0 Å². The Hall–Kier alpha value is -1.10. The summed E-state index contributed by atoms with van der Waals surface area (Å²) in [5.74, 6) is -0.480. The molecule has 0 spiro atoms. The molecule has 1 heterocycles. The summed E-state index contributed by atoms with van der Waals surface area (Å²) in [5, 5.41) is 11.2. The SMILES string of the molecule is CC1CCN(C(C)C(=O)NC(C)C(=O)O)CC1. The maximum absolute atomic E-state index is 11.8. The van der Waals surface area contributed by atoms with Gasteiger partial charge in [-0.2, -0.15) is 0 Å². The predicted octanol–water partition coefficient (Wildman–Crippen LogP) is 0.696. The molecule has 98 valence electrons. The fourth-order valence-electron chi connectivity index (χ4n) is 1.98. The maximum Gasteiger partial charge on any atom is 0.325 e. The van der Waals surface area contributed by atoms with Gasteiger partial charge in [0, 0.05) is 0 Å². The normalized spacial score (nSPS) is 21.8. The van der Waals surface area contributed by atoms with Gasteiger partial charge in [0.25, 0.3) is 0 Å². The van der Waals surface area contributed by atoms with Crippen molar-refractivity contribution in [3.05, 3.63) is 0 Å². The molecule has 2 atom stereocenters. The Balaban J connectivity index is 2.43. The number of carboxylic acid groups (broad SMARTS) is 1. The molecule has 17 heavy (non-hydrogen) atoms. The van der Waals surface area contributed by atoms with Crippen molar-refractivity contribution >= 4 is 11.9 Å². The van der Waals surface area contributed by atoms with Crippen LogP contribution in [-0.4, -0.2) is 47.1 Å². The van der Waals surface area contributed by atoms with Gasteiger partial charge >= 0.3 is 5.97 Å². The quantitative estimate of drug-likeness (QED) is 0.761. The fourth-order valence-corrected chi connectivity index (χ4v) is 1.98. The summed E-state index contributed by atoms with van der Waals surface area (Å²) < 4.78 is 0. The van der Waals surface area contributed by atoms with Crippen LogP contribution in [0.1, 0.15) is 33.6 Å². The molecule has 0 radical (unpaired) electrons. The van der Waals surface area contributed by atoms with Gasteiger partial charge in [-0.25, -0.2) is 0 Å². The number of carbonyl (C=O) groups excluding carboxylic acids is 1. The molecule has 0 aromatic rings. The summed E-state index contributed by atoms with van der Waals surface area (Å²) in [7, 11) is 0. The summed E-state index contributed by atoms with van der Waals surface area (Å²) in [6.07, 6.45) is 2.21. The Morgan fingerprint density at radius 2 is 1.82 bits per heavy atom. The van der Waals surface area contributed by atoms with Crippen LogP contribution in [0.4, 0.5) is 0 Å². The maximum atomic E-state index is 11.8. The van der Waals surface area contributed by atoms with Gasteiger partial charge < -0.3 is 10.4 Å². The summed E-state index contributed by atoms with van der Waals surface area (Å²) in [6, 6.07) is -1.07. The van der Waals surface area contributed by atoms with E-state index in [1.54, 1.807) is 0 Å². The van der Waals surface area contributed by atoms with Crippen molar-refractivity contribution in [2.75, 3.05) is 13.1 Å². The van der Waals surface area contributed by atoms with Gasteiger partial charge in [-0.15, -0.1) is 0 Å². The van der Waals surface area contributed by atoms with Crippen molar-refractivity contribution in [1.82, 2.24) is 10.2 Å². The number of nitrogens with zero attached hydrogens (tertiary/aromatic N) is 1. The van der Waals surface area contributed by atoms with Crippen molar-refractivity contribution in [1.29, 1.82) is 0 Å². The second-order valence-corrected chi connectivity index (χ2v) is 4.96. The largest absolute Gasteiger partial charge is 0.480 e. The second kappa shape index (κ2) is 6.00. The van der Waals surface area contributed by atoms with E-state index in [1.165, 1.54) is 6.92 Å². The minimum Gasteiger partial charge on any atom is -0.480 e. The number of aliphatic carboxylic acids is 1. The van der Waals surface area contributed by atoms with E-state index in [0.29, 0.717) is 0 Å². The number of hydrogen-bond donors (Lipinski definition) is 2. The highest BCUT2D eigenvalue weighted by atomic mass is 16.4. The average molecular weight is 242 g/mol. The molecule has 5 nitrogen and oxygen atoms in total. The lowest BCUT2D eigenvalue weighted by Crippen LogP contribution is -2.51. The van der Waals surface area contributed by atoms with E-state index < -0.39 is 12.0 Å². The van der Waals surface area contributed by atoms with E-state index in [2.05, 4.69) is 17.1 Å². The number of carbonyl (C=O) groups is 2. The van der Waals surface area contributed by atoms with Crippen LogP contribution in [0.3, 0.4) is 0 Å². The van der Waals surface area contributed by atoms with Crippen molar-refractivity contribution in [3.63, 3.8) is 0 Å². The third-order valence-corrected chi connectivity index (χ3v) is 3.47. The molecule has 0 bridgehead atoms. The van der Waals surface area contributed by atoms with Crippen molar-refractivity contribution in [3.8, 4) is 0 Å². The number of amides is 1. The predicted molar refractivity (Wildman–Crippen MR) is 64.7 cm³/mol. The molecule has 0 aromatic carbocycles. The van der Waals surface area contributed by atoms with E-state index >= 15 is 0 Å². The van der Waals surface area contributed by atoms with Crippen LogP contribution in [0.2, 0.25) is 0 Å². The molecule has 0 aromatic heterocycles. The van der Waals surface area contributed by atoms with Crippen LogP contribution in [0.15, 0.2) is 0 Å². The van der Waals surface area contributed by atoms with Crippen molar-refractivity contribution in [2.24, 2.45) is 5.92 Å². The average Bonchev–Trinajstić information content (AvgIpc) is 2.28. The summed E-state index contributed by atoms with van der Waals surface area (Å²) >= 11 is 0. The highest BCUT2D eigenvalue weighted by Gasteiger charge is 2.26. The Labute approximate surface area is 102 Å². The summed E-state index contributed by atoms with van der Waals surface area (Å²) in [4.78, 5) is 24.6. The molecule has 1 saturated heterocycles. The number of nitrogens with one attached hydrogen (secondary N) is 1. The van der Waals surface area contributed by atoms with Gasteiger partial charge in [-0.3, -0.25) is 14.5 Å². The van der Waals surface area contributed by atoms with E-state index in [4.69, 9.17) is 5.11 Å². The number of rotatable bonds is 4. The zero-order valence-corrected chi connectivity index (χ0v) is 10.8. The first-order valence-corrected chi connectivity index (χ1v) is 6.19. The standard InChI is InChI=1S/C12H22N2O3/c1-8-4-6-14(7-5-8)10(3)11(15)13-9(2)12(16)17/h8-10H,4-7H2,1-3H3,(H,13,15)(H,16,17). The smallest absolute Gasteiger partial charge is 0.325 e. The van der Waals surface area contributed by atoms with E-state index in [-0.39, 0.29) is 11.9 Å². The monoisotopic (exact) mass is 242 g/mol. The first-order valence-electron chi connectivity index (χ1n) is 6.19. The lowest BCUT2D eigenvalue weighted by atomic mass is 9.98. The van der Waals surface area contributed by atoms with Crippen LogP contribution in [0, 0.1) is 5.92 Å². The molecule has 0 aliphatic carbocycles. The van der Waals surface area contributed by atoms with Gasteiger partial charge in [0.1, 0.15) is 6.04 Å². The lowest BCUT2D eigenvalue weighted by Gasteiger charge is -2.34. The molecular weight excluding hydrogens is 220 g/mol. The minimum atomic E-state index is -1.00. The number of piperidine rings is 1. The molecule has 2 N–H and O–H groups in total. The molecule has 1 rings (SSSR count). The highest BCUT2D eigenvalue weighted by Crippen LogP contribution is 2.17. The van der Waals surface area contributed by atoms with Gasteiger partial charge in [-0.1, -0.05) is 6.92 Å². The van der Waals surface area contributed by atoms with E-state index in [0.717, 1.165) is 31.8 Å². The molecule has 1 aliphatic rings.